The highest BCUT2D eigenvalue weighted by Gasteiger charge is 2.24. The van der Waals surface area contributed by atoms with Gasteiger partial charge in [-0.25, -0.2) is 8.78 Å². The molecular weight excluding hydrogens is 498 g/mol. The summed E-state index contributed by atoms with van der Waals surface area (Å²) in [5.74, 6) is -3.37. The molecule has 1 amide bonds. The van der Waals surface area contributed by atoms with E-state index in [2.05, 4.69) is 4.90 Å². The zero-order valence-electron chi connectivity index (χ0n) is 19.1. The Morgan fingerprint density at radius 1 is 1.11 bits per heavy atom. The molecule has 4 rings (SSSR count). The maximum Gasteiger partial charge on any atom is 0.219 e. The van der Waals surface area contributed by atoms with E-state index >= 15 is 0 Å². The minimum Gasteiger partial charge on any atom is -0.505 e. The zero-order chi connectivity index (χ0) is 25.3. The van der Waals surface area contributed by atoms with Crippen molar-refractivity contribution < 1.29 is 28.2 Å². The van der Waals surface area contributed by atoms with Gasteiger partial charge >= 0.3 is 0 Å². The number of nitrogens with zero attached hydrogens (tertiary/aromatic N) is 2. The summed E-state index contributed by atoms with van der Waals surface area (Å²) in [6.07, 6.45) is 0. The number of ether oxygens (including phenoxy) is 1. The summed E-state index contributed by atoms with van der Waals surface area (Å²) >= 11 is 7.58. The molecule has 3 aromatic rings. The number of piperazine rings is 1. The molecule has 6 nitrogen and oxygen atoms in total. The van der Waals surface area contributed by atoms with Crippen LogP contribution in [0.25, 0.3) is 10.4 Å². The van der Waals surface area contributed by atoms with Crippen molar-refractivity contribution in [3.8, 4) is 21.9 Å². The molecule has 0 unspecified atom stereocenters. The molecule has 2 heterocycles. The van der Waals surface area contributed by atoms with Crippen LogP contribution in [0.4, 0.5) is 8.78 Å². The third-order valence-electron chi connectivity index (χ3n) is 5.95. The van der Waals surface area contributed by atoms with Gasteiger partial charge in [-0.15, -0.1) is 11.3 Å². The molecule has 0 atom stereocenters. The molecule has 1 aromatic heterocycles. The normalized spacial score (nSPS) is 14.3. The average Bonchev–Trinajstić information content (AvgIpc) is 3.32. The second-order valence-electron chi connectivity index (χ2n) is 8.18. The fraction of sp³-hybridized carbons (Fsp3) is 0.280. The molecule has 1 saturated heterocycles. The summed E-state index contributed by atoms with van der Waals surface area (Å²) in [5, 5.41) is 9.95. The van der Waals surface area contributed by atoms with Crippen LogP contribution in [-0.2, 0) is 11.3 Å². The van der Waals surface area contributed by atoms with Crippen LogP contribution in [0.5, 0.6) is 11.5 Å². The van der Waals surface area contributed by atoms with E-state index in [1.54, 1.807) is 31.1 Å². The lowest BCUT2D eigenvalue weighted by atomic mass is 10.1. The van der Waals surface area contributed by atoms with Gasteiger partial charge < -0.3 is 14.7 Å². The van der Waals surface area contributed by atoms with Gasteiger partial charge in [-0.3, -0.25) is 14.5 Å². The Bertz CT molecular complexity index is 1290. The van der Waals surface area contributed by atoms with Gasteiger partial charge in [0.2, 0.25) is 11.7 Å². The Kier molecular flexibility index (Phi) is 7.39. The summed E-state index contributed by atoms with van der Waals surface area (Å²) in [4.78, 5) is 29.2. The molecule has 1 N–H and O–H groups in total. The van der Waals surface area contributed by atoms with E-state index in [0.29, 0.717) is 48.4 Å². The van der Waals surface area contributed by atoms with Crippen molar-refractivity contribution in [1.82, 2.24) is 9.80 Å². The summed E-state index contributed by atoms with van der Waals surface area (Å²) < 4.78 is 33.9. The number of phenolic OH excluding ortho intramolecular Hbond substituents is 1. The summed E-state index contributed by atoms with van der Waals surface area (Å²) in [6.45, 7) is 4.82. The number of halogens is 3. The maximum absolute atomic E-state index is 14.2. The first-order chi connectivity index (χ1) is 16.7. The molecule has 0 spiro atoms. The van der Waals surface area contributed by atoms with Gasteiger partial charge in [0, 0.05) is 50.1 Å². The van der Waals surface area contributed by atoms with Crippen molar-refractivity contribution in [1.29, 1.82) is 0 Å². The van der Waals surface area contributed by atoms with Crippen molar-refractivity contribution in [2.45, 2.75) is 13.5 Å². The quantitative estimate of drug-likeness (QED) is 0.465. The Morgan fingerprint density at radius 3 is 2.49 bits per heavy atom. The van der Waals surface area contributed by atoms with Gasteiger partial charge in [-0.1, -0.05) is 11.6 Å². The van der Waals surface area contributed by atoms with Crippen molar-refractivity contribution in [3.63, 3.8) is 0 Å². The smallest absolute Gasteiger partial charge is 0.219 e. The number of benzene rings is 2. The number of hydrogen-bond donors (Lipinski definition) is 1. The topological polar surface area (TPSA) is 70.1 Å². The molecule has 0 saturated carbocycles. The van der Waals surface area contributed by atoms with E-state index in [1.165, 1.54) is 6.07 Å². The number of carbonyl (C=O) groups excluding carboxylic acids is 2. The SMILES string of the molecule is COc1c(Cl)cc(-c2ccc(C(=O)c3c(F)ccc(O)c3F)s2)cc1CN1CCN(C(C)=O)CC1. The van der Waals surface area contributed by atoms with Gasteiger partial charge in [0.05, 0.1) is 22.6 Å². The standard InChI is InChI=1S/C25H23ClF2N2O4S/c1-14(31)30-9-7-29(8-10-30)13-16-11-15(12-17(26)25(16)34-2)20-5-6-21(35-20)24(33)22-18(27)3-4-19(32)23(22)28/h3-6,11-12,32H,7-10,13H2,1-2H3. The van der Waals surface area contributed by atoms with E-state index in [1.807, 2.05) is 6.07 Å². The number of phenols is 1. The van der Waals surface area contributed by atoms with E-state index in [0.717, 1.165) is 34.6 Å². The lowest BCUT2D eigenvalue weighted by molar-refractivity contribution is -0.130. The molecule has 1 aliphatic rings. The van der Waals surface area contributed by atoms with Crippen molar-refractivity contribution in [2.75, 3.05) is 33.3 Å². The minimum absolute atomic E-state index is 0.0563. The molecule has 0 radical (unpaired) electrons. The van der Waals surface area contributed by atoms with Gasteiger partial charge in [-0.2, -0.15) is 0 Å². The van der Waals surface area contributed by atoms with Crippen LogP contribution in [0.2, 0.25) is 5.02 Å². The number of methoxy groups -OCH3 is 1. The van der Waals surface area contributed by atoms with Crippen molar-refractivity contribution in [2.24, 2.45) is 0 Å². The molecular formula is C25H23ClF2N2O4S. The van der Waals surface area contributed by atoms with Gasteiger partial charge in [0.1, 0.15) is 11.6 Å². The van der Waals surface area contributed by atoms with E-state index in [4.69, 9.17) is 16.3 Å². The number of carbonyl (C=O) groups is 2. The Hall–Kier alpha value is -3.01. The number of amides is 1. The number of aromatic hydroxyl groups is 1. The van der Waals surface area contributed by atoms with Crippen LogP contribution >= 0.6 is 22.9 Å². The molecule has 0 bridgehead atoms. The van der Waals surface area contributed by atoms with E-state index in [-0.39, 0.29) is 10.8 Å². The predicted molar refractivity (Wildman–Crippen MR) is 130 cm³/mol. The van der Waals surface area contributed by atoms with Crippen LogP contribution < -0.4 is 4.74 Å². The molecule has 0 aliphatic carbocycles. The fourth-order valence-electron chi connectivity index (χ4n) is 4.09. The van der Waals surface area contributed by atoms with Gasteiger partial charge in [0.15, 0.2) is 11.6 Å². The highest BCUT2D eigenvalue weighted by Crippen LogP contribution is 2.38. The lowest BCUT2D eigenvalue weighted by Crippen LogP contribution is -2.47. The molecule has 1 fully saturated rings. The van der Waals surface area contributed by atoms with E-state index in [9.17, 15) is 23.5 Å². The van der Waals surface area contributed by atoms with Crippen molar-refractivity contribution >= 4 is 34.6 Å². The predicted octanol–water partition coefficient (Wildman–Crippen LogP) is 4.96. The van der Waals surface area contributed by atoms with E-state index < -0.39 is 28.7 Å². The van der Waals surface area contributed by atoms with Crippen LogP contribution in [0.15, 0.2) is 36.4 Å². The third-order valence-corrected chi connectivity index (χ3v) is 7.36. The van der Waals surface area contributed by atoms with Crippen LogP contribution in [0.3, 0.4) is 0 Å². The second-order valence-corrected chi connectivity index (χ2v) is 9.67. The molecule has 1 aliphatic heterocycles. The first-order valence-electron chi connectivity index (χ1n) is 10.9. The van der Waals surface area contributed by atoms with Gasteiger partial charge in [0.25, 0.3) is 0 Å². The lowest BCUT2D eigenvalue weighted by Gasteiger charge is -2.34. The molecule has 2 aromatic carbocycles. The Balaban J connectivity index is 1.61. The molecule has 10 heteroatoms. The highest BCUT2D eigenvalue weighted by molar-refractivity contribution is 7.17. The second kappa shape index (κ2) is 10.3. The van der Waals surface area contributed by atoms with Crippen molar-refractivity contribution in [3.05, 3.63) is 69.1 Å². The number of ketones is 1. The van der Waals surface area contributed by atoms with Crippen LogP contribution in [0, 0.1) is 11.6 Å². The van der Waals surface area contributed by atoms with Crippen LogP contribution in [0.1, 0.15) is 27.7 Å². The minimum atomic E-state index is -1.29. The highest BCUT2D eigenvalue weighted by atomic mass is 35.5. The first kappa shape index (κ1) is 25.1. The van der Waals surface area contributed by atoms with Crippen LogP contribution in [-0.4, -0.2) is 59.9 Å². The van der Waals surface area contributed by atoms with Gasteiger partial charge in [-0.05, 0) is 42.0 Å². The summed E-state index contributed by atoms with van der Waals surface area (Å²) in [6, 6.07) is 8.52. The monoisotopic (exact) mass is 520 g/mol. The third kappa shape index (κ3) is 5.17. The maximum atomic E-state index is 14.2. The number of thiophene rings is 1. The Morgan fingerprint density at radius 2 is 1.83 bits per heavy atom. The number of rotatable bonds is 6. The fourth-order valence-corrected chi connectivity index (χ4v) is 5.34. The summed E-state index contributed by atoms with van der Waals surface area (Å²) in [5.41, 5.74) is 0.781. The zero-order valence-corrected chi connectivity index (χ0v) is 20.7. The Labute approximate surface area is 210 Å². The largest absolute Gasteiger partial charge is 0.505 e. The summed E-state index contributed by atoms with van der Waals surface area (Å²) in [7, 11) is 1.54. The molecule has 35 heavy (non-hydrogen) atoms. The first-order valence-corrected chi connectivity index (χ1v) is 12.0. The molecule has 184 valence electrons. The average molecular weight is 521 g/mol. The number of hydrogen-bond acceptors (Lipinski definition) is 6.